The second kappa shape index (κ2) is 7.39. The van der Waals surface area contributed by atoms with Crippen LogP contribution in [0.4, 0.5) is 5.82 Å². The molecule has 0 amide bonds. The minimum Gasteiger partial charge on any atom is -0.370 e. The van der Waals surface area contributed by atoms with Gasteiger partial charge in [0, 0.05) is 28.3 Å². The summed E-state index contributed by atoms with van der Waals surface area (Å²) >= 11 is 3.57. The molecule has 106 valence electrons. The Bertz CT molecular complexity index is 569. The van der Waals surface area contributed by atoms with E-state index in [0.717, 1.165) is 53.2 Å². The molecule has 2 aromatic rings. The van der Waals surface area contributed by atoms with Gasteiger partial charge >= 0.3 is 0 Å². The summed E-state index contributed by atoms with van der Waals surface area (Å²) in [4.78, 5) is 9.31. The number of benzene rings is 1. The standard InChI is InChI=1S/C16H20BrN3/c1-3-7-12-11-15(18-10-4-2)20-16(19-12)13-8-5-6-9-14(13)17/h5-6,8-9,11H,3-4,7,10H2,1-2H3,(H,18,19,20). The van der Waals surface area contributed by atoms with Gasteiger partial charge in [0.15, 0.2) is 5.82 Å². The van der Waals surface area contributed by atoms with E-state index in [1.54, 1.807) is 0 Å². The van der Waals surface area contributed by atoms with Crippen molar-refractivity contribution in [1.29, 1.82) is 0 Å². The van der Waals surface area contributed by atoms with Crippen molar-refractivity contribution < 1.29 is 0 Å². The first-order chi connectivity index (χ1) is 9.74. The SMILES string of the molecule is CCCNc1cc(CCC)nc(-c2ccccc2Br)n1. The molecule has 0 spiro atoms. The molecule has 20 heavy (non-hydrogen) atoms. The lowest BCUT2D eigenvalue weighted by atomic mass is 10.2. The highest BCUT2D eigenvalue weighted by Crippen LogP contribution is 2.26. The first kappa shape index (κ1) is 15.0. The van der Waals surface area contributed by atoms with Crippen molar-refractivity contribution in [3.63, 3.8) is 0 Å². The minimum atomic E-state index is 0.780. The summed E-state index contributed by atoms with van der Waals surface area (Å²) < 4.78 is 1.02. The van der Waals surface area contributed by atoms with Crippen LogP contribution in [0.5, 0.6) is 0 Å². The third-order valence-electron chi connectivity index (χ3n) is 2.96. The van der Waals surface area contributed by atoms with Gasteiger partial charge in [-0.15, -0.1) is 0 Å². The van der Waals surface area contributed by atoms with E-state index in [1.165, 1.54) is 0 Å². The van der Waals surface area contributed by atoms with E-state index in [-0.39, 0.29) is 0 Å². The highest BCUT2D eigenvalue weighted by atomic mass is 79.9. The molecule has 4 heteroatoms. The summed E-state index contributed by atoms with van der Waals surface area (Å²) in [6, 6.07) is 10.1. The van der Waals surface area contributed by atoms with Crippen LogP contribution in [0.3, 0.4) is 0 Å². The maximum atomic E-state index is 4.68. The smallest absolute Gasteiger partial charge is 0.162 e. The third kappa shape index (κ3) is 3.79. The first-order valence-electron chi connectivity index (χ1n) is 7.11. The third-order valence-corrected chi connectivity index (χ3v) is 3.65. The number of halogens is 1. The number of hydrogen-bond donors (Lipinski definition) is 1. The number of anilines is 1. The Hall–Kier alpha value is -1.42. The highest BCUT2D eigenvalue weighted by Gasteiger charge is 2.09. The van der Waals surface area contributed by atoms with Gasteiger partial charge in [-0.25, -0.2) is 9.97 Å². The van der Waals surface area contributed by atoms with Crippen molar-refractivity contribution in [2.45, 2.75) is 33.1 Å². The van der Waals surface area contributed by atoms with Gasteiger partial charge in [-0.3, -0.25) is 0 Å². The van der Waals surface area contributed by atoms with E-state index in [4.69, 9.17) is 0 Å². The van der Waals surface area contributed by atoms with Crippen LogP contribution < -0.4 is 5.32 Å². The maximum absolute atomic E-state index is 4.68. The van der Waals surface area contributed by atoms with Crippen LogP contribution in [-0.2, 0) is 6.42 Å². The van der Waals surface area contributed by atoms with Gasteiger partial charge in [-0.1, -0.05) is 54.4 Å². The Morgan fingerprint density at radius 1 is 1.10 bits per heavy atom. The van der Waals surface area contributed by atoms with Gasteiger partial charge in [-0.05, 0) is 18.9 Å². The van der Waals surface area contributed by atoms with Crippen LogP contribution >= 0.6 is 15.9 Å². The van der Waals surface area contributed by atoms with Crippen molar-refractivity contribution in [3.8, 4) is 11.4 Å². The summed E-state index contributed by atoms with van der Waals surface area (Å²) in [5.74, 6) is 1.69. The molecule has 1 heterocycles. The molecule has 0 fully saturated rings. The van der Waals surface area contributed by atoms with Crippen molar-refractivity contribution in [2.24, 2.45) is 0 Å². The van der Waals surface area contributed by atoms with Crippen LogP contribution in [0.2, 0.25) is 0 Å². The molecule has 2 rings (SSSR count). The molecular formula is C16H20BrN3. The molecule has 0 aliphatic carbocycles. The quantitative estimate of drug-likeness (QED) is 0.833. The predicted molar refractivity (Wildman–Crippen MR) is 87.9 cm³/mol. The summed E-state index contributed by atoms with van der Waals surface area (Å²) in [5, 5.41) is 3.36. The lowest BCUT2D eigenvalue weighted by molar-refractivity contribution is 0.872. The molecule has 0 unspecified atom stereocenters. The fraction of sp³-hybridized carbons (Fsp3) is 0.375. The summed E-state index contributed by atoms with van der Waals surface area (Å²) in [6.07, 6.45) is 3.14. The van der Waals surface area contributed by atoms with Gasteiger partial charge in [0.05, 0.1) is 0 Å². The average molecular weight is 334 g/mol. The number of hydrogen-bond acceptors (Lipinski definition) is 3. The van der Waals surface area contributed by atoms with Gasteiger partial charge in [0.2, 0.25) is 0 Å². The van der Waals surface area contributed by atoms with Crippen molar-refractivity contribution >= 4 is 21.7 Å². The number of rotatable bonds is 6. The Morgan fingerprint density at radius 2 is 1.90 bits per heavy atom. The molecule has 3 nitrogen and oxygen atoms in total. The molecule has 1 aromatic carbocycles. The van der Waals surface area contributed by atoms with E-state index < -0.39 is 0 Å². The molecule has 0 bridgehead atoms. The van der Waals surface area contributed by atoms with E-state index in [1.807, 2.05) is 24.3 Å². The zero-order valence-corrected chi connectivity index (χ0v) is 13.6. The summed E-state index contributed by atoms with van der Waals surface area (Å²) in [7, 11) is 0. The molecule has 0 aliphatic heterocycles. The second-order valence-corrected chi connectivity index (χ2v) is 5.58. The first-order valence-corrected chi connectivity index (χ1v) is 7.90. The molecule has 1 N–H and O–H groups in total. The topological polar surface area (TPSA) is 37.8 Å². The predicted octanol–water partition coefficient (Wildman–Crippen LogP) is 4.68. The minimum absolute atomic E-state index is 0.780. The number of nitrogens with one attached hydrogen (secondary N) is 1. The van der Waals surface area contributed by atoms with Crippen LogP contribution in [0.25, 0.3) is 11.4 Å². The van der Waals surface area contributed by atoms with Crippen LogP contribution in [0.1, 0.15) is 32.4 Å². The lowest BCUT2D eigenvalue weighted by Gasteiger charge is -2.10. The Morgan fingerprint density at radius 3 is 2.60 bits per heavy atom. The fourth-order valence-electron chi connectivity index (χ4n) is 1.99. The molecular weight excluding hydrogens is 314 g/mol. The highest BCUT2D eigenvalue weighted by molar-refractivity contribution is 9.10. The zero-order chi connectivity index (χ0) is 14.4. The van der Waals surface area contributed by atoms with Crippen LogP contribution in [-0.4, -0.2) is 16.5 Å². The Kier molecular flexibility index (Phi) is 5.53. The van der Waals surface area contributed by atoms with Gasteiger partial charge < -0.3 is 5.32 Å². The number of aryl methyl sites for hydroxylation is 1. The molecule has 1 aromatic heterocycles. The number of aromatic nitrogens is 2. The summed E-state index contributed by atoms with van der Waals surface area (Å²) in [5.41, 5.74) is 2.12. The molecule has 0 aliphatic rings. The van der Waals surface area contributed by atoms with Crippen molar-refractivity contribution in [3.05, 3.63) is 40.5 Å². The molecule has 0 saturated carbocycles. The molecule has 0 saturated heterocycles. The largest absolute Gasteiger partial charge is 0.370 e. The Balaban J connectivity index is 2.40. The summed E-state index contributed by atoms with van der Waals surface area (Å²) in [6.45, 7) is 5.24. The average Bonchev–Trinajstić information content (AvgIpc) is 2.46. The zero-order valence-electron chi connectivity index (χ0n) is 12.0. The van der Waals surface area contributed by atoms with Gasteiger partial charge in [0.25, 0.3) is 0 Å². The maximum Gasteiger partial charge on any atom is 0.162 e. The van der Waals surface area contributed by atoms with E-state index in [2.05, 4.69) is 51.1 Å². The van der Waals surface area contributed by atoms with E-state index in [9.17, 15) is 0 Å². The van der Waals surface area contributed by atoms with E-state index >= 15 is 0 Å². The lowest BCUT2D eigenvalue weighted by Crippen LogP contribution is -2.05. The second-order valence-electron chi connectivity index (χ2n) is 4.72. The number of nitrogens with zero attached hydrogens (tertiary/aromatic N) is 2. The van der Waals surface area contributed by atoms with Gasteiger partial charge in [-0.2, -0.15) is 0 Å². The van der Waals surface area contributed by atoms with Crippen LogP contribution in [0, 0.1) is 0 Å². The molecule has 0 radical (unpaired) electrons. The van der Waals surface area contributed by atoms with Crippen molar-refractivity contribution in [2.75, 3.05) is 11.9 Å². The monoisotopic (exact) mass is 333 g/mol. The van der Waals surface area contributed by atoms with Crippen LogP contribution in [0.15, 0.2) is 34.8 Å². The van der Waals surface area contributed by atoms with E-state index in [0.29, 0.717) is 0 Å². The normalized spacial score (nSPS) is 10.6. The van der Waals surface area contributed by atoms with Gasteiger partial charge in [0.1, 0.15) is 5.82 Å². The fourth-order valence-corrected chi connectivity index (χ4v) is 2.45. The molecule has 0 atom stereocenters. The Labute approximate surface area is 129 Å². The van der Waals surface area contributed by atoms with Crippen molar-refractivity contribution in [1.82, 2.24) is 9.97 Å².